The van der Waals surface area contributed by atoms with Crippen LogP contribution in [0.1, 0.15) is 56.7 Å². The van der Waals surface area contributed by atoms with Crippen LogP contribution in [0.4, 0.5) is 16.2 Å². The lowest BCUT2D eigenvalue weighted by Gasteiger charge is -2.34. The molecule has 0 radical (unpaired) electrons. The molecule has 0 unspecified atom stereocenters. The molecule has 2 amide bonds. The van der Waals surface area contributed by atoms with E-state index in [9.17, 15) is 24.3 Å². The van der Waals surface area contributed by atoms with Gasteiger partial charge >= 0.3 is 18.0 Å². The maximum atomic E-state index is 13.8. The number of aliphatic carboxylic acids is 1. The van der Waals surface area contributed by atoms with Crippen molar-refractivity contribution in [2.24, 2.45) is 0 Å². The van der Waals surface area contributed by atoms with Crippen LogP contribution in [0.5, 0.6) is 11.5 Å². The van der Waals surface area contributed by atoms with Gasteiger partial charge in [-0.05, 0) is 57.0 Å². The third-order valence-electron chi connectivity index (χ3n) is 6.92. The monoisotopic (exact) mass is 650 g/mol. The first-order valence-electron chi connectivity index (χ1n) is 14.7. The fourth-order valence-corrected chi connectivity index (χ4v) is 6.23. The molecule has 0 fully saturated rings. The number of carboxylic acids is 1. The Morgan fingerprint density at radius 3 is 2.04 bits per heavy atom. The number of carbonyl (C=O) groups is 4. The van der Waals surface area contributed by atoms with Gasteiger partial charge in [-0.15, -0.1) is 0 Å². The summed E-state index contributed by atoms with van der Waals surface area (Å²) in [6.45, 7) is 5.40. The average Bonchev–Trinajstić information content (AvgIpc) is 3.01. The molecule has 2 N–H and O–H groups in total. The van der Waals surface area contributed by atoms with Crippen molar-refractivity contribution < 1.29 is 43.2 Å². The van der Waals surface area contributed by atoms with Gasteiger partial charge in [0, 0.05) is 33.8 Å². The second-order valence-corrected chi connectivity index (χ2v) is 12.5. The normalized spacial score (nSPS) is 12.0. The van der Waals surface area contributed by atoms with Crippen molar-refractivity contribution in [2.45, 2.75) is 75.0 Å². The summed E-state index contributed by atoms with van der Waals surface area (Å²) in [4.78, 5) is 53.5. The minimum atomic E-state index is -0.996. The standard InChI is InChI=1S/C34H38N2O9S/c1-34(2,3)45-33(41)35-19-23-27(43-5)17-15-25-32(23)46-31-22(18-30(40)44-20-21-10-7-6-8-11-21)26(42-4)16-14-24(31)36(25)28(37)12-9-13-29(38)39/h6-8,10-11,14-17H,9,12-13,18-20H2,1-5H3,(H,35,41)(H,38,39). The molecule has 0 bridgehead atoms. The van der Waals surface area contributed by atoms with Gasteiger partial charge in [0.05, 0.1) is 38.6 Å². The smallest absolute Gasteiger partial charge is 0.407 e. The van der Waals surface area contributed by atoms with E-state index in [2.05, 4.69) is 5.32 Å². The van der Waals surface area contributed by atoms with Crippen LogP contribution in [0.15, 0.2) is 64.4 Å². The van der Waals surface area contributed by atoms with Crippen molar-refractivity contribution in [3.63, 3.8) is 0 Å². The second kappa shape index (κ2) is 15.0. The minimum absolute atomic E-state index is 0.0169. The molecule has 3 aromatic carbocycles. The quantitative estimate of drug-likeness (QED) is 0.212. The molecule has 11 nitrogen and oxygen atoms in total. The van der Waals surface area contributed by atoms with Gasteiger partial charge in [0.1, 0.15) is 23.7 Å². The van der Waals surface area contributed by atoms with Crippen LogP contribution >= 0.6 is 11.8 Å². The molecule has 0 aromatic heterocycles. The molecule has 0 atom stereocenters. The topological polar surface area (TPSA) is 141 Å². The van der Waals surface area contributed by atoms with Gasteiger partial charge in [-0.1, -0.05) is 42.1 Å². The molecular formula is C34H38N2O9S. The minimum Gasteiger partial charge on any atom is -0.496 e. The van der Waals surface area contributed by atoms with Crippen molar-refractivity contribution in [3.8, 4) is 11.5 Å². The van der Waals surface area contributed by atoms with Crippen LogP contribution in [0.25, 0.3) is 0 Å². The highest BCUT2D eigenvalue weighted by atomic mass is 32.2. The summed E-state index contributed by atoms with van der Waals surface area (Å²) in [5, 5.41) is 11.9. The Hall–Kier alpha value is -4.71. The first-order chi connectivity index (χ1) is 21.9. The van der Waals surface area contributed by atoms with Crippen LogP contribution in [0, 0.1) is 0 Å². The number of rotatable bonds is 12. The number of nitrogens with zero attached hydrogens (tertiary/aromatic N) is 1. The number of fused-ring (bicyclic) bond motifs is 2. The van der Waals surface area contributed by atoms with Crippen molar-refractivity contribution in [1.29, 1.82) is 0 Å². The number of hydrogen-bond donors (Lipinski definition) is 2. The van der Waals surface area contributed by atoms with Gasteiger partial charge < -0.3 is 29.4 Å². The van der Waals surface area contributed by atoms with E-state index >= 15 is 0 Å². The fraction of sp³-hybridized carbons (Fsp3) is 0.353. The van der Waals surface area contributed by atoms with Crippen molar-refractivity contribution in [2.75, 3.05) is 19.1 Å². The SMILES string of the molecule is COc1ccc2c(c1CNC(=O)OC(C)(C)C)Sc1c(ccc(OC)c1CC(=O)OCc1ccccc1)N2C(=O)CCCC(=O)O. The third-order valence-corrected chi connectivity index (χ3v) is 8.24. The van der Waals surface area contributed by atoms with Crippen LogP contribution < -0.4 is 19.7 Å². The summed E-state index contributed by atoms with van der Waals surface area (Å²) in [5.41, 5.74) is 2.28. The number of carboxylic acid groups (broad SMARTS) is 1. The van der Waals surface area contributed by atoms with Crippen molar-refractivity contribution in [3.05, 3.63) is 71.3 Å². The highest BCUT2D eigenvalue weighted by Crippen LogP contribution is 2.54. The van der Waals surface area contributed by atoms with E-state index in [-0.39, 0.29) is 44.7 Å². The molecule has 12 heteroatoms. The molecule has 1 heterocycles. The summed E-state index contributed by atoms with van der Waals surface area (Å²) in [6.07, 6.45) is -0.826. The number of amides is 2. The zero-order valence-electron chi connectivity index (χ0n) is 26.5. The van der Waals surface area contributed by atoms with Crippen LogP contribution in [-0.2, 0) is 43.4 Å². The number of carbonyl (C=O) groups excluding carboxylic acids is 3. The Kier molecular flexibility index (Phi) is 11.2. The summed E-state index contributed by atoms with van der Waals surface area (Å²) in [7, 11) is 3.00. The Bertz CT molecular complexity index is 1600. The number of methoxy groups -OCH3 is 2. The van der Waals surface area contributed by atoms with E-state index in [4.69, 9.17) is 18.9 Å². The van der Waals surface area contributed by atoms with Crippen LogP contribution in [0.2, 0.25) is 0 Å². The van der Waals surface area contributed by atoms with Gasteiger partial charge in [-0.25, -0.2) is 4.79 Å². The molecule has 1 aliphatic rings. The summed E-state index contributed by atoms with van der Waals surface area (Å²) >= 11 is 1.32. The number of nitrogens with one attached hydrogen (secondary N) is 1. The Balaban J connectivity index is 1.77. The van der Waals surface area contributed by atoms with Gasteiger partial charge in [-0.3, -0.25) is 19.3 Å². The number of alkyl carbamates (subject to hydrolysis) is 1. The maximum absolute atomic E-state index is 13.8. The number of esters is 1. The number of anilines is 2. The second-order valence-electron chi connectivity index (χ2n) is 11.4. The maximum Gasteiger partial charge on any atom is 0.407 e. The summed E-state index contributed by atoms with van der Waals surface area (Å²) < 4.78 is 22.3. The summed E-state index contributed by atoms with van der Waals surface area (Å²) in [6, 6.07) is 16.2. The van der Waals surface area contributed by atoms with Crippen molar-refractivity contribution in [1.82, 2.24) is 5.32 Å². The molecule has 1 aliphatic heterocycles. The largest absolute Gasteiger partial charge is 0.496 e. The van der Waals surface area contributed by atoms with E-state index in [0.717, 1.165) is 5.56 Å². The number of ether oxygens (including phenoxy) is 4. The Morgan fingerprint density at radius 1 is 0.848 bits per heavy atom. The molecule has 0 aliphatic carbocycles. The van der Waals surface area contributed by atoms with Gasteiger partial charge in [0.15, 0.2) is 0 Å². The number of hydrogen-bond acceptors (Lipinski definition) is 9. The molecule has 3 aromatic rings. The van der Waals surface area contributed by atoms with Crippen LogP contribution in [0.3, 0.4) is 0 Å². The molecule has 4 rings (SSSR count). The Morgan fingerprint density at radius 2 is 1.46 bits per heavy atom. The number of benzene rings is 3. The lowest BCUT2D eigenvalue weighted by molar-refractivity contribution is -0.144. The van der Waals surface area contributed by atoms with Gasteiger partial charge in [0.2, 0.25) is 5.91 Å². The molecule has 0 spiro atoms. The van der Waals surface area contributed by atoms with Crippen molar-refractivity contribution >= 4 is 47.1 Å². The zero-order valence-corrected chi connectivity index (χ0v) is 27.3. The molecule has 46 heavy (non-hydrogen) atoms. The third kappa shape index (κ3) is 8.51. The fourth-order valence-electron chi connectivity index (χ4n) is 4.90. The lowest BCUT2D eigenvalue weighted by Crippen LogP contribution is -2.33. The van der Waals surface area contributed by atoms with E-state index in [1.54, 1.807) is 45.0 Å². The van der Waals surface area contributed by atoms with E-state index < -0.39 is 23.6 Å². The lowest BCUT2D eigenvalue weighted by atomic mass is 10.1. The summed E-state index contributed by atoms with van der Waals surface area (Å²) in [5.74, 6) is -0.914. The zero-order chi connectivity index (χ0) is 33.4. The first-order valence-corrected chi connectivity index (χ1v) is 15.5. The average molecular weight is 651 g/mol. The predicted molar refractivity (Wildman–Crippen MR) is 172 cm³/mol. The van der Waals surface area contributed by atoms with Gasteiger partial charge in [-0.2, -0.15) is 0 Å². The highest BCUT2D eigenvalue weighted by Gasteiger charge is 2.34. The van der Waals surface area contributed by atoms with E-state index in [0.29, 0.717) is 43.8 Å². The molecule has 0 saturated carbocycles. The highest BCUT2D eigenvalue weighted by molar-refractivity contribution is 7.99. The van der Waals surface area contributed by atoms with E-state index in [1.807, 2.05) is 30.3 Å². The molecule has 0 saturated heterocycles. The van der Waals surface area contributed by atoms with Gasteiger partial charge in [0.25, 0.3) is 0 Å². The molecular weight excluding hydrogens is 612 g/mol. The van der Waals surface area contributed by atoms with E-state index in [1.165, 1.54) is 30.9 Å². The van der Waals surface area contributed by atoms with Crippen LogP contribution in [-0.4, -0.2) is 48.9 Å². The molecule has 244 valence electrons. The first kappa shape index (κ1) is 34.2. The Labute approximate surface area is 272 Å². The predicted octanol–water partition coefficient (Wildman–Crippen LogP) is 6.40.